The Kier molecular flexibility index (Phi) is 3.60. The molecule has 0 bridgehead atoms. The maximum Gasteiger partial charge on any atom is 0.126 e. The maximum atomic E-state index is 6.05. The molecule has 0 aliphatic carbocycles. The van der Waals surface area contributed by atoms with Gasteiger partial charge in [0.2, 0.25) is 0 Å². The summed E-state index contributed by atoms with van der Waals surface area (Å²) >= 11 is 0. The Morgan fingerprint density at radius 1 is 1.19 bits per heavy atom. The van der Waals surface area contributed by atoms with Gasteiger partial charge in [-0.1, -0.05) is 42.5 Å². The molecule has 2 aromatic carbocycles. The highest BCUT2D eigenvalue weighted by Crippen LogP contribution is 2.26. The first kappa shape index (κ1) is 13.6. The van der Waals surface area contributed by atoms with E-state index in [1.165, 1.54) is 16.3 Å². The van der Waals surface area contributed by atoms with Gasteiger partial charge < -0.3 is 5.73 Å². The molecule has 108 valence electrons. The van der Waals surface area contributed by atoms with E-state index < -0.39 is 0 Å². The summed E-state index contributed by atoms with van der Waals surface area (Å²) in [7, 11) is 1.82. The van der Waals surface area contributed by atoms with E-state index in [4.69, 9.17) is 11.6 Å². The number of hydrogen-bond donors (Lipinski definition) is 3. The lowest BCUT2D eigenvalue weighted by atomic mass is 9.96. The molecule has 3 rings (SSSR count). The SMILES string of the molecule is Cn1ncc(C(Cc2cccc3ccccc23)NN)c1N. The number of nitrogens with one attached hydrogen (secondary N) is 1. The standard InChI is InChI=1S/C16H19N5/c1-21-16(17)14(10-19-21)15(20-18)9-12-7-4-6-11-5-2-3-8-13(11)12/h2-8,10,15,20H,9,17-18H2,1H3. The van der Waals surface area contributed by atoms with Crippen molar-refractivity contribution >= 4 is 16.6 Å². The number of nitrogens with two attached hydrogens (primary N) is 2. The van der Waals surface area contributed by atoms with Gasteiger partial charge in [-0.2, -0.15) is 5.10 Å². The molecule has 0 spiro atoms. The monoisotopic (exact) mass is 281 g/mol. The van der Waals surface area contributed by atoms with Crippen LogP contribution in [0.3, 0.4) is 0 Å². The van der Waals surface area contributed by atoms with E-state index in [1.807, 2.05) is 13.1 Å². The highest BCUT2D eigenvalue weighted by molar-refractivity contribution is 5.85. The zero-order valence-corrected chi connectivity index (χ0v) is 12.0. The second-order valence-corrected chi connectivity index (χ2v) is 5.17. The Hall–Kier alpha value is -2.37. The summed E-state index contributed by atoms with van der Waals surface area (Å²) in [6.45, 7) is 0. The number of aryl methyl sites for hydroxylation is 1. The second kappa shape index (κ2) is 5.55. The molecule has 0 amide bonds. The van der Waals surface area contributed by atoms with E-state index in [0.29, 0.717) is 5.82 Å². The average molecular weight is 281 g/mol. The van der Waals surface area contributed by atoms with Crippen molar-refractivity contribution in [3.63, 3.8) is 0 Å². The van der Waals surface area contributed by atoms with Gasteiger partial charge in [-0.05, 0) is 22.8 Å². The molecule has 3 aromatic rings. The first-order valence-corrected chi connectivity index (χ1v) is 6.91. The van der Waals surface area contributed by atoms with Crippen LogP contribution >= 0.6 is 0 Å². The number of nitrogen functional groups attached to an aromatic ring is 1. The van der Waals surface area contributed by atoms with Crippen molar-refractivity contribution in [2.24, 2.45) is 12.9 Å². The van der Waals surface area contributed by atoms with E-state index >= 15 is 0 Å². The Bertz CT molecular complexity index is 757. The number of hydrogen-bond acceptors (Lipinski definition) is 4. The molecular weight excluding hydrogens is 262 g/mol. The van der Waals surface area contributed by atoms with Gasteiger partial charge in [0.15, 0.2) is 0 Å². The van der Waals surface area contributed by atoms with Gasteiger partial charge in [0.05, 0.1) is 12.2 Å². The highest BCUT2D eigenvalue weighted by atomic mass is 15.3. The first-order chi connectivity index (χ1) is 10.2. The fraction of sp³-hybridized carbons (Fsp3) is 0.188. The number of fused-ring (bicyclic) bond motifs is 1. The van der Waals surface area contributed by atoms with E-state index in [-0.39, 0.29) is 6.04 Å². The van der Waals surface area contributed by atoms with Gasteiger partial charge in [-0.15, -0.1) is 0 Å². The van der Waals surface area contributed by atoms with E-state index in [1.54, 1.807) is 10.9 Å². The predicted octanol–water partition coefficient (Wildman–Crippen LogP) is 1.90. The fourth-order valence-corrected chi connectivity index (χ4v) is 2.68. The number of hydrazine groups is 1. The minimum Gasteiger partial charge on any atom is -0.384 e. The van der Waals surface area contributed by atoms with Gasteiger partial charge in [0.25, 0.3) is 0 Å². The van der Waals surface area contributed by atoms with E-state index in [9.17, 15) is 0 Å². The van der Waals surface area contributed by atoms with Crippen LogP contribution in [0.1, 0.15) is 17.2 Å². The molecule has 0 aliphatic rings. The third-order valence-corrected chi connectivity index (χ3v) is 3.90. The Morgan fingerprint density at radius 2 is 1.95 bits per heavy atom. The minimum atomic E-state index is -0.0653. The van der Waals surface area contributed by atoms with Crippen molar-refractivity contribution in [1.82, 2.24) is 15.2 Å². The molecule has 5 heteroatoms. The fourth-order valence-electron chi connectivity index (χ4n) is 2.68. The van der Waals surface area contributed by atoms with Crippen molar-refractivity contribution in [3.05, 3.63) is 59.8 Å². The molecule has 0 fully saturated rings. The average Bonchev–Trinajstić information content (AvgIpc) is 2.85. The van der Waals surface area contributed by atoms with Crippen LogP contribution < -0.4 is 17.0 Å². The topological polar surface area (TPSA) is 81.9 Å². The van der Waals surface area contributed by atoms with Crippen LogP contribution in [0.4, 0.5) is 5.82 Å². The lowest BCUT2D eigenvalue weighted by molar-refractivity contribution is 0.555. The van der Waals surface area contributed by atoms with Crippen LogP contribution in [0.25, 0.3) is 10.8 Å². The van der Waals surface area contributed by atoms with Crippen molar-refractivity contribution in [3.8, 4) is 0 Å². The number of aromatic nitrogens is 2. The van der Waals surface area contributed by atoms with Gasteiger partial charge in [-0.3, -0.25) is 16.0 Å². The molecular formula is C16H19N5. The minimum absolute atomic E-state index is 0.0653. The summed E-state index contributed by atoms with van der Waals surface area (Å²) < 4.78 is 1.66. The summed E-state index contributed by atoms with van der Waals surface area (Å²) in [5, 5.41) is 6.65. The summed E-state index contributed by atoms with van der Waals surface area (Å²) in [6.07, 6.45) is 2.53. The molecule has 5 N–H and O–H groups in total. The first-order valence-electron chi connectivity index (χ1n) is 6.91. The van der Waals surface area contributed by atoms with Crippen molar-refractivity contribution < 1.29 is 0 Å². The third-order valence-electron chi connectivity index (χ3n) is 3.90. The molecule has 1 unspecified atom stereocenters. The summed E-state index contributed by atoms with van der Waals surface area (Å²) in [4.78, 5) is 0. The van der Waals surface area contributed by atoms with Gasteiger partial charge >= 0.3 is 0 Å². The molecule has 1 aromatic heterocycles. The zero-order valence-electron chi connectivity index (χ0n) is 12.0. The molecule has 0 aliphatic heterocycles. The number of benzene rings is 2. The number of nitrogens with zero attached hydrogens (tertiary/aromatic N) is 2. The second-order valence-electron chi connectivity index (χ2n) is 5.17. The van der Waals surface area contributed by atoms with Crippen LogP contribution in [0.2, 0.25) is 0 Å². The Balaban J connectivity index is 1.98. The lowest BCUT2D eigenvalue weighted by Crippen LogP contribution is -2.30. The third kappa shape index (κ3) is 2.49. The molecule has 0 radical (unpaired) electrons. The van der Waals surface area contributed by atoms with E-state index in [0.717, 1.165) is 12.0 Å². The maximum absolute atomic E-state index is 6.05. The molecule has 0 saturated carbocycles. The summed E-state index contributed by atoms with van der Waals surface area (Å²) in [5.74, 6) is 6.37. The van der Waals surface area contributed by atoms with Gasteiger partial charge in [0, 0.05) is 12.6 Å². The molecule has 0 saturated heterocycles. The van der Waals surface area contributed by atoms with Crippen LogP contribution in [-0.4, -0.2) is 9.78 Å². The van der Waals surface area contributed by atoms with Crippen molar-refractivity contribution in [1.29, 1.82) is 0 Å². The van der Waals surface area contributed by atoms with Crippen LogP contribution in [0, 0.1) is 0 Å². The van der Waals surface area contributed by atoms with Gasteiger partial charge in [0.1, 0.15) is 5.82 Å². The molecule has 21 heavy (non-hydrogen) atoms. The highest BCUT2D eigenvalue weighted by Gasteiger charge is 2.17. The molecule has 1 atom stereocenters. The summed E-state index contributed by atoms with van der Waals surface area (Å²) in [6, 6.07) is 14.6. The number of rotatable bonds is 4. The normalized spacial score (nSPS) is 12.7. The van der Waals surface area contributed by atoms with Crippen molar-refractivity contribution in [2.45, 2.75) is 12.5 Å². The van der Waals surface area contributed by atoms with Crippen LogP contribution in [0.15, 0.2) is 48.7 Å². The van der Waals surface area contributed by atoms with E-state index in [2.05, 4.69) is 46.9 Å². The largest absolute Gasteiger partial charge is 0.384 e. The Morgan fingerprint density at radius 3 is 2.67 bits per heavy atom. The predicted molar refractivity (Wildman–Crippen MR) is 85.3 cm³/mol. The molecule has 1 heterocycles. The lowest BCUT2D eigenvalue weighted by Gasteiger charge is -2.17. The smallest absolute Gasteiger partial charge is 0.126 e. The van der Waals surface area contributed by atoms with Crippen LogP contribution in [0.5, 0.6) is 0 Å². The number of anilines is 1. The van der Waals surface area contributed by atoms with Crippen LogP contribution in [-0.2, 0) is 13.5 Å². The Labute approximate surface area is 123 Å². The zero-order chi connectivity index (χ0) is 14.8. The quantitative estimate of drug-likeness (QED) is 0.504. The van der Waals surface area contributed by atoms with Crippen molar-refractivity contribution in [2.75, 3.05) is 5.73 Å². The molecule has 5 nitrogen and oxygen atoms in total. The summed E-state index contributed by atoms with van der Waals surface area (Å²) in [5.41, 5.74) is 11.1. The van der Waals surface area contributed by atoms with Gasteiger partial charge in [-0.25, -0.2) is 0 Å².